The van der Waals surface area contributed by atoms with Crippen molar-refractivity contribution in [2.45, 2.75) is 51.8 Å². The summed E-state index contributed by atoms with van der Waals surface area (Å²) in [5.74, 6) is -0.662. The molecule has 0 bridgehead atoms. The third-order valence-electron chi connectivity index (χ3n) is 3.96. The van der Waals surface area contributed by atoms with E-state index < -0.39 is 20.4 Å². The van der Waals surface area contributed by atoms with Crippen molar-refractivity contribution < 1.29 is 23.5 Å². The lowest BCUT2D eigenvalue weighted by atomic mass is 10.2. The molecular formula is C18H25ClFN2O4Si. The molecule has 1 heterocycles. The molecule has 1 fully saturated rings. The maximum atomic E-state index is 13.4. The van der Waals surface area contributed by atoms with Crippen LogP contribution in [-0.4, -0.2) is 50.3 Å². The number of hydrogen-bond acceptors (Lipinski definition) is 4. The average molecular weight is 416 g/mol. The molecule has 0 aromatic heterocycles. The number of carbonyl (C=O) groups excluding carboxylic acids is 2. The topological polar surface area (TPSA) is 67.9 Å². The molecule has 1 aliphatic rings. The quantitative estimate of drug-likeness (QED) is 0.764. The molecule has 1 atom stereocenters. The molecule has 1 aliphatic heterocycles. The van der Waals surface area contributed by atoms with E-state index in [-0.39, 0.29) is 35.4 Å². The number of nitrogens with zero attached hydrogens (tertiary/aromatic N) is 1. The van der Waals surface area contributed by atoms with Gasteiger partial charge in [-0.2, -0.15) is 0 Å². The molecule has 6 nitrogen and oxygen atoms in total. The highest BCUT2D eigenvalue weighted by Crippen LogP contribution is 2.21. The normalized spacial score (nSPS) is 18.1. The fraction of sp³-hybridized carbons (Fsp3) is 0.556. The lowest BCUT2D eigenvalue weighted by Gasteiger charge is -2.37. The van der Waals surface area contributed by atoms with Gasteiger partial charge in [0, 0.05) is 18.3 Å². The molecule has 0 saturated carbocycles. The Hall–Kier alpha value is -1.80. The molecule has 0 spiro atoms. The Morgan fingerprint density at radius 3 is 2.74 bits per heavy atom. The minimum atomic E-state index is -1.30. The Morgan fingerprint density at radius 2 is 2.11 bits per heavy atom. The van der Waals surface area contributed by atoms with Crippen molar-refractivity contribution in [3.8, 4) is 5.75 Å². The predicted octanol–water partition coefficient (Wildman–Crippen LogP) is 3.53. The molecule has 149 valence electrons. The van der Waals surface area contributed by atoms with Crippen molar-refractivity contribution >= 4 is 32.6 Å². The van der Waals surface area contributed by atoms with E-state index in [1.807, 2.05) is 27.7 Å². The van der Waals surface area contributed by atoms with Crippen molar-refractivity contribution in [3.63, 3.8) is 0 Å². The SMILES string of the molecule is C[C@H]1CC[Si](NC(=O)COc2ccc(Cl)c(F)c2)CN1C(=O)OC(C)(C)C. The van der Waals surface area contributed by atoms with Crippen molar-refractivity contribution in [2.24, 2.45) is 0 Å². The van der Waals surface area contributed by atoms with Crippen molar-refractivity contribution in [2.75, 3.05) is 12.8 Å². The second-order valence-electron chi connectivity index (χ2n) is 7.51. The number of amides is 2. The summed E-state index contributed by atoms with van der Waals surface area (Å²) in [6.07, 6.45) is 0.915. The van der Waals surface area contributed by atoms with Gasteiger partial charge in [0.05, 0.1) is 5.02 Å². The first kappa shape index (κ1) is 21.5. The monoisotopic (exact) mass is 415 g/mol. The largest absolute Gasteiger partial charge is 0.484 e. The van der Waals surface area contributed by atoms with E-state index >= 15 is 0 Å². The van der Waals surface area contributed by atoms with Crippen LogP contribution in [0.15, 0.2) is 18.2 Å². The molecule has 0 aliphatic carbocycles. The van der Waals surface area contributed by atoms with Gasteiger partial charge in [0.25, 0.3) is 0 Å². The van der Waals surface area contributed by atoms with Crippen LogP contribution in [-0.2, 0) is 9.53 Å². The van der Waals surface area contributed by atoms with Gasteiger partial charge in [-0.05, 0) is 52.3 Å². The second kappa shape index (κ2) is 8.92. The van der Waals surface area contributed by atoms with E-state index in [1.165, 1.54) is 12.1 Å². The molecule has 9 heteroatoms. The minimum Gasteiger partial charge on any atom is -0.484 e. The Labute approximate surface area is 165 Å². The van der Waals surface area contributed by atoms with Crippen LogP contribution in [0.25, 0.3) is 0 Å². The van der Waals surface area contributed by atoms with E-state index in [2.05, 4.69) is 4.98 Å². The molecule has 1 aromatic rings. The van der Waals surface area contributed by atoms with Gasteiger partial charge in [0.15, 0.2) is 15.6 Å². The minimum absolute atomic E-state index is 0.00390. The number of benzene rings is 1. The van der Waals surface area contributed by atoms with Crippen LogP contribution in [0.1, 0.15) is 34.1 Å². The number of ether oxygens (including phenoxy) is 2. The summed E-state index contributed by atoms with van der Waals surface area (Å²) >= 11 is 5.61. The third-order valence-corrected chi connectivity index (χ3v) is 6.52. The Morgan fingerprint density at radius 1 is 1.41 bits per heavy atom. The fourth-order valence-electron chi connectivity index (χ4n) is 2.60. The van der Waals surface area contributed by atoms with E-state index in [4.69, 9.17) is 21.1 Å². The summed E-state index contributed by atoms with van der Waals surface area (Å²) < 4.78 is 24.1. The summed E-state index contributed by atoms with van der Waals surface area (Å²) in [7, 11) is -1.30. The Balaban J connectivity index is 1.86. The molecule has 1 radical (unpaired) electrons. The van der Waals surface area contributed by atoms with Gasteiger partial charge in [-0.15, -0.1) is 0 Å². The predicted molar refractivity (Wildman–Crippen MR) is 103 cm³/mol. The standard InChI is InChI=1S/C18H25ClFN2O4Si/c1-12-7-8-27(11-22(12)17(24)26-18(2,3)4)21-16(23)10-25-13-5-6-14(19)15(20)9-13/h5-6,9,12H,7-8,10-11H2,1-4H3,(H,21,23)/t12-/m0/s1. The first-order chi connectivity index (χ1) is 12.5. The molecule has 2 rings (SSSR count). The molecule has 1 N–H and O–H groups in total. The first-order valence-corrected chi connectivity index (χ1v) is 11.1. The summed E-state index contributed by atoms with van der Waals surface area (Å²) in [5.41, 5.74) is -0.563. The van der Waals surface area contributed by atoms with E-state index in [0.29, 0.717) is 6.17 Å². The number of carbonyl (C=O) groups is 2. The van der Waals surface area contributed by atoms with Crippen molar-refractivity contribution in [3.05, 3.63) is 29.0 Å². The lowest BCUT2D eigenvalue weighted by molar-refractivity contribution is -0.121. The fourth-order valence-corrected chi connectivity index (χ4v) is 5.16. The Kier molecular flexibility index (Phi) is 7.11. The summed E-state index contributed by atoms with van der Waals surface area (Å²) in [6, 6.07) is 4.93. The summed E-state index contributed by atoms with van der Waals surface area (Å²) in [6.45, 7) is 7.22. The van der Waals surface area contributed by atoms with Crippen LogP contribution < -0.4 is 9.72 Å². The van der Waals surface area contributed by atoms with Crippen molar-refractivity contribution in [1.29, 1.82) is 0 Å². The van der Waals surface area contributed by atoms with Crippen LogP contribution in [0.4, 0.5) is 9.18 Å². The van der Waals surface area contributed by atoms with Gasteiger partial charge in [-0.3, -0.25) is 4.79 Å². The molecule has 1 aromatic carbocycles. The van der Waals surface area contributed by atoms with Gasteiger partial charge in [0.2, 0.25) is 5.91 Å². The molecule has 2 amide bonds. The number of halogens is 2. The first-order valence-electron chi connectivity index (χ1n) is 8.77. The highest BCUT2D eigenvalue weighted by atomic mass is 35.5. The molecule has 0 unspecified atom stereocenters. The molecular weight excluding hydrogens is 391 g/mol. The smallest absolute Gasteiger partial charge is 0.410 e. The van der Waals surface area contributed by atoms with E-state index in [9.17, 15) is 14.0 Å². The maximum absolute atomic E-state index is 13.4. The zero-order chi connectivity index (χ0) is 20.2. The summed E-state index contributed by atoms with van der Waals surface area (Å²) in [5, 5.41) is -0.00390. The van der Waals surface area contributed by atoms with Gasteiger partial charge < -0.3 is 19.4 Å². The number of hydrogen-bond donors (Lipinski definition) is 1. The Bertz CT molecular complexity index is 698. The van der Waals surface area contributed by atoms with Crippen LogP contribution in [0, 0.1) is 5.82 Å². The molecule has 1 saturated heterocycles. The maximum Gasteiger partial charge on any atom is 0.410 e. The highest BCUT2D eigenvalue weighted by Gasteiger charge is 2.34. The average Bonchev–Trinajstić information content (AvgIpc) is 2.56. The van der Waals surface area contributed by atoms with Crippen LogP contribution in [0.2, 0.25) is 11.1 Å². The van der Waals surface area contributed by atoms with Gasteiger partial charge >= 0.3 is 6.09 Å². The van der Waals surface area contributed by atoms with Crippen molar-refractivity contribution in [1.82, 2.24) is 9.88 Å². The number of nitrogens with one attached hydrogen (secondary N) is 1. The second-order valence-corrected chi connectivity index (χ2v) is 10.2. The summed E-state index contributed by atoms with van der Waals surface area (Å²) in [4.78, 5) is 29.2. The van der Waals surface area contributed by atoms with Crippen LogP contribution >= 0.6 is 11.6 Å². The van der Waals surface area contributed by atoms with Crippen LogP contribution in [0.5, 0.6) is 5.75 Å². The van der Waals surface area contributed by atoms with E-state index in [1.54, 1.807) is 4.90 Å². The highest BCUT2D eigenvalue weighted by molar-refractivity contribution is 6.59. The number of rotatable bonds is 4. The molecule has 27 heavy (non-hydrogen) atoms. The lowest BCUT2D eigenvalue weighted by Crippen LogP contribution is -2.57. The van der Waals surface area contributed by atoms with Gasteiger partial charge in [-0.25, -0.2) is 9.18 Å². The van der Waals surface area contributed by atoms with Gasteiger partial charge in [0.1, 0.15) is 17.2 Å². The van der Waals surface area contributed by atoms with Gasteiger partial charge in [-0.1, -0.05) is 11.6 Å². The van der Waals surface area contributed by atoms with E-state index in [0.717, 1.165) is 18.5 Å². The zero-order valence-corrected chi connectivity index (χ0v) is 17.7. The van der Waals surface area contributed by atoms with Crippen LogP contribution in [0.3, 0.4) is 0 Å². The zero-order valence-electron chi connectivity index (χ0n) is 16.0. The third kappa shape index (κ3) is 6.70.